The van der Waals surface area contributed by atoms with Gasteiger partial charge in [-0.3, -0.25) is 0 Å². The summed E-state index contributed by atoms with van der Waals surface area (Å²) in [5.41, 5.74) is 0. The van der Waals surface area contributed by atoms with Gasteiger partial charge in [-0.05, 0) is 50.4 Å². The maximum atomic E-state index is 5.36. The van der Waals surface area contributed by atoms with E-state index in [1.54, 1.807) is 6.26 Å². The van der Waals surface area contributed by atoms with Crippen molar-refractivity contribution in [1.29, 1.82) is 0 Å². The van der Waals surface area contributed by atoms with Crippen molar-refractivity contribution < 1.29 is 4.42 Å². The van der Waals surface area contributed by atoms with Crippen LogP contribution in [0, 0.1) is 5.92 Å². The zero-order valence-corrected chi connectivity index (χ0v) is 7.96. The lowest BCUT2D eigenvalue weighted by molar-refractivity contribution is 0.410. The van der Waals surface area contributed by atoms with Gasteiger partial charge in [-0.25, -0.2) is 0 Å². The fraction of sp³-hybridized carbons (Fsp3) is 0.636. The van der Waals surface area contributed by atoms with E-state index in [1.807, 2.05) is 6.07 Å². The third-order valence-corrected chi connectivity index (χ3v) is 2.77. The van der Waals surface area contributed by atoms with Crippen molar-refractivity contribution in [2.45, 2.75) is 25.7 Å². The van der Waals surface area contributed by atoms with Crippen molar-refractivity contribution in [2.75, 3.05) is 13.1 Å². The van der Waals surface area contributed by atoms with Crippen molar-refractivity contribution in [2.24, 2.45) is 5.92 Å². The van der Waals surface area contributed by atoms with E-state index in [2.05, 4.69) is 11.4 Å². The molecule has 0 radical (unpaired) electrons. The highest BCUT2D eigenvalue weighted by molar-refractivity contribution is 4.99. The third-order valence-electron chi connectivity index (χ3n) is 2.77. The predicted molar refractivity (Wildman–Crippen MR) is 52.6 cm³/mol. The van der Waals surface area contributed by atoms with Gasteiger partial charge in [0.25, 0.3) is 0 Å². The van der Waals surface area contributed by atoms with E-state index in [9.17, 15) is 0 Å². The molecule has 1 saturated heterocycles. The van der Waals surface area contributed by atoms with E-state index < -0.39 is 0 Å². The molecule has 1 aromatic heterocycles. The zero-order chi connectivity index (χ0) is 8.93. The number of hydrogen-bond donors (Lipinski definition) is 1. The highest BCUT2D eigenvalue weighted by atomic mass is 16.3. The van der Waals surface area contributed by atoms with Crippen molar-refractivity contribution in [1.82, 2.24) is 5.32 Å². The van der Waals surface area contributed by atoms with Gasteiger partial charge in [0.1, 0.15) is 5.76 Å². The van der Waals surface area contributed by atoms with Gasteiger partial charge in [-0.1, -0.05) is 0 Å². The molecule has 0 aromatic carbocycles. The summed E-state index contributed by atoms with van der Waals surface area (Å²) in [6.45, 7) is 2.36. The Morgan fingerprint density at radius 2 is 2.38 bits per heavy atom. The monoisotopic (exact) mass is 179 g/mol. The Morgan fingerprint density at radius 3 is 3.23 bits per heavy atom. The van der Waals surface area contributed by atoms with Crippen molar-refractivity contribution in [3.63, 3.8) is 0 Å². The van der Waals surface area contributed by atoms with Crippen molar-refractivity contribution in [3.05, 3.63) is 24.2 Å². The molecular formula is C11H17NO. The van der Waals surface area contributed by atoms with Gasteiger partial charge in [0.2, 0.25) is 0 Å². The van der Waals surface area contributed by atoms with Crippen LogP contribution in [0.1, 0.15) is 25.0 Å². The molecule has 1 aliphatic heterocycles. The largest absolute Gasteiger partial charge is 0.469 e. The lowest BCUT2D eigenvalue weighted by Gasteiger charge is -2.10. The number of furan rings is 1. The predicted octanol–water partition coefficient (Wildman–Crippen LogP) is 2.21. The molecule has 0 bridgehead atoms. The van der Waals surface area contributed by atoms with Crippen LogP contribution < -0.4 is 5.32 Å². The molecule has 0 saturated carbocycles. The molecule has 0 amide bonds. The van der Waals surface area contributed by atoms with Crippen LogP contribution in [0.5, 0.6) is 0 Å². The molecule has 1 aromatic rings. The van der Waals surface area contributed by atoms with E-state index in [1.165, 1.54) is 32.4 Å². The second-order valence-electron chi connectivity index (χ2n) is 3.83. The van der Waals surface area contributed by atoms with E-state index in [4.69, 9.17) is 4.42 Å². The minimum absolute atomic E-state index is 0.821. The van der Waals surface area contributed by atoms with Crippen molar-refractivity contribution >= 4 is 0 Å². The van der Waals surface area contributed by atoms with Gasteiger partial charge >= 0.3 is 0 Å². The van der Waals surface area contributed by atoms with Crippen LogP contribution in [0.2, 0.25) is 0 Å². The van der Waals surface area contributed by atoms with Crippen LogP contribution in [0.15, 0.2) is 22.8 Å². The first-order valence-corrected chi connectivity index (χ1v) is 5.18. The SMILES string of the molecule is c1coc(CC2CCCNCC2)c1. The van der Waals surface area contributed by atoms with Crippen LogP contribution >= 0.6 is 0 Å². The number of hydrogen-bond acceptors (Lipinski definition) is 2. The Kier molecular flexibility index (Phi) is 3.03. The first-order valence-electron chi connectivity index (χ1n) is 5.18. The summed E-state index contributed by atoms with van der Waals surface area (Å²) in [6, 6.07) is 4.06. The van der Waals surface area contributed by atoms with Crippen LogP contribution in [-0.2, 0) is 6.42 Å². The Bertz CT molecular complexity index is 222. The first-order chi connectivity index (χ1) is 6.45. The summed E-state index contributed by atoms with van der Waals surface area (Å²) in [6.07, 6.45) is 6.83. The zero-order valence-electron chi connectivity index (χ0n) is 7.96. The molecule has 1 aliphatic rings. The summed E-state index contributed by atoms with van der Waals surface area (Å²) in [5.74, 6) is 1.97. The highest BCUT2D eigenvalue weighted by Gasteiger charge is 2.13. The fourth-order valence-electron chi connectivity index (χ4n) is 2.01. The number of nitrogens with one attached hydrogen (secondary N) is 1. The maximum absolute atomic E-state index is 5.36. The molecule has 1 unspecified atom stereocenters. The number of rotatable bonds is 2. The summed E-state index contributed by atoms with van der Waals surface area (Å²) in [7, 11) is 0. The van der Waals surface area contributed by atoms with E-state index in [0.717, 1.165) is 18.1 Å². The van der Waals surface area contributed by atoms with E-state index in [-0.39, 0.29) is 0 Å². The standard InChI is InChI=1S/C11H17NO/c1-3-10(5-7-12-6-1)9-11-4-2-8-13-11/h2,4,8,10,12H,1,3,5-7,9H2. The van der Waals surface area contributed by atoms with Crippen molar-refractivity contribution in [3.8, 4) is 0 Å². The normalized spacial score (nSPS) is 24.2. The van der Waals surface area contributed by atoms with Crippen LogP contribution in [0.4, 0.5) is 0 Å². The molecular weight excluding hydrogens is 162 g/mol. The van der Waals surface area contributed by atoms with E-state index >= 15 is 0 Å². The first kappa shape index (κ1) is 8.82. The molecule has 72 valence electrons. The quantitative estimate of drug-likeness (QED) is 0.753. The van der Waals surface area contributed by atoms with Crippen LogP contribution in [0.25, 0.3) is 0 Å². The minimum atomic E-state index is 0.821. The molecule has 1 atom stereocenters. The third kappa shape index (κ3) is 2.59. The summed E-state index contributed by atoms with van der Waals surface area (Å²) < 4.78 is 5.36. The molecule has 1 fully saturated rings. The molecule has 2 rings (SSSR count). The van der Waals surface area contributed by atoms with Gasteiger partial charge in [0, 0.05) is 6.42 Å². The second kappa shape index (κ2) is 4.47. The topological polar surface area (TPSA) is 25.2 Å². The summed E-state index contributed by atoms with van der Waals surface area (Å²) in [4.78, 5) is 0. The average Bonchev–Trinajstić information content (AvgIpc) is 2.49. The highest BCUT2D eigenvalue weighted by Crippen LogP contribution is 2.19. The lowest BCUT2D eigenvalue weighted by Crippen LogP contribution is -2.14. The summed E-state index contributed by atoms with van der Waals surface area (Å²) in [5, 5.41) is 3.43. The lowest BCUT2D eigenvalue weighted by atomic mass is 9.96. The van der Waals surface area contributed by atoms with Crippen LogP contribution in [0.3, 0.4) is 0 Å². The molecule has 0 spiro atoms. The van der Waals surface area contributed by atoms with Gasteiger partial charge < -0.3 is 9.73 Å². The minimum Gasteiger partial charge on any atom is -0.469 e. The maximum Gasteiger partial charge on any atom is 0.104 e. The van der Waals surface area contributed by atoms with Gasteiger partial charge in [0.15, 0.2) is 0 Å². The Hall–Kier alpha value is -0.760. The van der Waals surface area contributed by atoms with Gasteiger partial charge in [-0.15, -0.1) is 0 Å². The average molecular weight is 179 g/mol. The molecule has 2 nitrogen and oxygen atoms in total. The second-order valence-corrected chi connectivity index (χ2v) is 3.83. The summed E-state index contributed by atoms with van der Waals surface area (Å²) >= 11 is 0. The smallest absolute Gasteiger partial charge is 0.104 e. The Labute approximate surface area is 79.3 Å². The molecule has 1 N–H and O–H groups in total. The Balaban J connectivity index is 1.86. The van der Waals surface area contributed by atoms with E-state index in [0.29, 0.717) is 0 Å². The van der Waals surface area contributed by atoms with Gasteiger partial charge in [-0.2, -0.15) is 0 Å². The molecule has 13 heavy (non-hydrogen) atoms. The molecule has 0 aliphatic carbocycles. The fourth-order valence-corrected chi connectivity index (χ4v) is 2.01. The molecule has 2 heteroatoms. The van der Waals surface area contributed by atoms with Gasteiger partial charge in [0.05, 0.1) is 6.26 Å². The Morgan fingerprint density at radius 1 is 1.38 bits per heavy atom. The van der Waals surface area contributed by atoms with Crippen LogP contribution in [-0.4, -0.2) is 13.1 Å². The molecule has 2 heterocycles.